The van der Waals surface area contributed by atoms with Crippen LogP contribution in [0.1, 0.15) is 40.7 Å². The molecule has 2 aromatic rings. The van der Waals surface area contributed by atoms with E-state index in [1.807, 2.05) is 0 Å². The van der Waals surface area contributed by atoms with E-state index in [1.54, 1.807) is 24.3 Å². The number of carbonyl (C=O) groups excluding carboxylic acids is 2. The van der Waals surface area contributed by atoms with E-state index in [9.17, 15) is 22.8 Å². The maximum atomic E-state index is 12.8. The van der Waals surface area contributed by atoms with Crippen molar-refractivity contribution < 1.29 is 27.5 Å². The van der Waals surface area contributed by atoms with Crippen molar-refractivity contribution >= 4 is 11.8 Å². The Kier molecular flexibility index (Phi) is 6.64. The average Bonchev–Trinajstić information content (AvgIpc) is 3.20. The van der Waals surface area contributed by atoms with E-state index in [1.165, 1.54) is 19.2 Å². The first-order valence-electron chi connectivity index (χ1n) is 9.66. The molecule has 1 saturated carbocycles. The van der Waals surface area contributed by atoms with E-state index in [0.29, 0.717) is 29.7 Å². The molecular weight excluding hydrogens is 397 g/mol. The summed E-state index contributed by atoms with van der Waals surface area (Å²) in [6.45, 7) is -0.00159. The van der Waals surface area contributed by atoms with Crippen molar-refractivity contribution in [1.29, 1.82) is 0 Å². The predicted molar refractivity (Wildman–Crippen MR) is 105 cm³/mol. The fraction of sp³-hybridized carbons (Fsp3) is 0.364. The molecule has 0 radical (unpaired) electrons. The lowest BCUT2D eigenvalue weighted by Crippen LogP contribution is -2.43. The Morgan fingerprint density at radius 1 is 1.10 bits per heavy atom. The lowest BCUT2D eigenvalue weighted by molar-refractivity contribution is -0.137. The highest BCUT2D eigenvalue weighted by molar-refractivity contribution is 5.95. The van der Waals surface area contributed by atoms with Gasteiger partial charge in [-0.1, -0.05) is 18.6 Å². The first-order chi connectivity index (χ1) is 14.3. The lowest BCUT2D eigenvalue weighted by atomic mass is 10.0. The number of benzene rings is 2. The summed E-state index contributed by atoms with van der Waals surface area (Å²) in [6.07, 6.45) is -2.36. The number of hydrogen-bond acceptors (Lipinski definition) is 3. The Morgan fingerprint density at radius 3 is 2.50 bits per heavy atom. The van der Waals surface area contributed by atoms with Crippen molar-refractivity contribution in [3.63, 3.8) is 0 Å². The fourth-order valence-corrected chi connectivity index (χ4v) is 3.62. The molecule has 1 aliphatic rings. The molecule has 0 saturated heterocycles. The number of carbonyl (C=O) groups is 2. The van der Waals surface area contributed by atoms with Gasteiger partial charge in [0.25, 0.3) is 5.91 Å². The zero-order valence-corrected chi connectivity index (χ0v) is 16.5. The lowest BCUT2D eigenvalue weighted by Gasteiger charge is -2.21. The van der Waals surface area contributed by atoms with Gasteiger partial charge in [-0.2, -0.15) is 13.2 Å². The van der Waals surface area contributed by atoms with Gasteiger partial charge in [0.1, 0.15) is 5.75 Å². The van der Waals surface area contributed by atoms with E-state index in [-0.39, 0.29) is 24.4 Å². The number of methoxy groups -OCH3 is 1. The second-order valence-electron chi connectivity index (χ2n) is 7.26. The standard InChI is InChI=1S/C22H23F3N2O3/c1-30-17-10-8-15(9-11-17)20(28)27-19-7-3-6-18(19)21(29)26-13-14-4-2-5-16(12-14)22(23,24)25/h2,4-5,8-12,18-19H,3,6-7,13H2,1H3,(H,26,29)(H,27,28)/t18-,19+/m0/s1. The summed E-state index contributed by atoms with van der Waals surface area (Å²) in [7, 11) is 1.54. The summed E-state index contributed by atoms with van der Waals surface area (Å²) in [5, 5.41) is 5.60. The molecule has 0 unspecified atom stereocenters. The van der Waals surface area contributed by atoms with Crippen molar-refractivity contribution in [3.8, 4) is 5.75 Å². The van der Waals surface area contributed by atoms with Crippen LogP contribution in [-0.4, -0.2) is 25.0 Å². The third kappa shape index (κ3) is 5.31. The fourth-order valence-electron chi connectivity index (χ4n) is 3.62. The molecule has 2 N–H and O–H groups in total. The minimum atomic E-state index is -4.43. The Labute approximate surface area is 172 Å². The van der Waals surface area contributed by atoms with Crippen LogP contribution in [0.4, 0.5) is 13.2 Å². The zero-order chi connectivity index (χ0) is 21.7. The number of ether oxygens (including phenoxy) is 1. The largest absolute Gasteiger partial charge is 0.497 e. The number of halogens is 3. The second-order valence-corrected chi connectivity index (χ2v) is 7.26. The van der Waals surface area contributed by atoms with Gasteiger partial charge in [0.2, 0.25) is 5.91 Å². The average molecular weight is 420 g/mol. The summed E-state index contributed by atoms with van der Waals surface area (Å²) >= 11 is 0. The number of alkyl halides is 3. The van der Waals surface area contributed by atoms with E-state index < -0.39 is 17.7 Å². The highest BCUT2D eigenvalue weighted by atomic mass is 19.4. The molecule has 8 heteroatoms. The normalized spacial score (nSPS) is 18.7. The van der Waals surface area contributed by atoms with Crippen molar-refractivity contribution in [2.45, 2.75) is 38.0 Å². The molecule has 0 heterocycles. The van der Waals surface area contributed by atoms with E-state index in [2.05, 4.69) is 10.6 Å². The topological polar surface area (TPSA) is 67.4 Å². The second kappa shape index (κ2) is 9.19. The summed E-state index contributed by atoms with van der Waals surface area (Å²) < 4.78 is 43.6. The minimum absolute atomic E-state index is 0.00159. The Morgan fingerprint density at radius 2 is 1.83 bits per heavy atom. The van der Waals surface area contributed by atoms with Crippen LogP contribution in [0.5, 0.6) is 5.75 Å². The molecule has 1 aliphatic carbocycles. The quantitative estimate of drug-likeness (QED) is 0.744. The zero-order valence-electron chi connectivity index (χ0n) is 16.5. The van der Waals surface area contributed by atoms with Crippen LogP contribution in [0.3, 0.4) is 0 Å². The number of hydrogen-bond donors (Lipinski definition) is 2. The highest BCUT2D eigenvalue weighted by Crippen LogP contribution is 2.30. The molecule has 1 fully saturated rings. The van der Waals surface area contributed by atoms with Gasteiger partial charge in [-0.05, 0) is 54.8 Å². The van der Waals surface area contributed by atoms with Gasteiger partial charge in [0, 0.05) is 18.2 Å². The van der Waals surface area contributed by atoms with Gasteiger partial charge in [-0.3, -0.25) is 9.59 Å². The van der Waals surface area contributed by atoms with Crippen molar-refractivity contribution in [1.82, 2.24) is 10.6 Å². The predicted octanol–water partition coefficient (Wildman–Crippen LogP) is 3.93. The van der Waals surface area contributed by atoms with Crippen LogP contribution in [0.2, 0.25) is 0 Å². The molecular formula is C22H23F3N2O3. The van der Waals surface area contributed by atoms with Crippen LogP contribution in [0, 0.1) is 5.92 Å². The summed E-state index contributed by atoms with van der Waals surface area (Å²) in [5.41, 5.74) is 0.0839. The first-order valence-corrected chi connectivity index (χ1v) is 9.66. The maximum absolute atomic E-state index is 12.8. The molecule has 160 valence electrons. The Bertz CT molecular complexity index is 897. The SMILES string of the molecule is COc1ccc(C(=O)N[C@@H]2CCC[C@@H]2C(=O)NCc2cccc(C(F)(F)F)c2)cc1. The monoisotopic (exact) mass is 420 g/mol. The van der Waals surface area contributed by atoms with Crippen LogP contribution >= 0.6 is 0 Å². The molecule has 0 aromatic heterocycles. The third-order valence-corrected chi connectivity index (χ3v) is 5.24. The van der Waals surface area contributed by atoms with E-state index in [0.717, 1.165) is 18.6 Å². The van der Waals surface area contributed by atoms with Crippen molar-refractivity contribution in [2.24, 2.45) is 5.92 Å². The van der Waals surface area contributed by atoms with Crippen LogP contribution in [0.15, 0.2) is 48.5 Å². The van der Waals surface area contributed by atoms with Crippen LogP contribution < -0.4 is 15.4 Å². The van der Waals surface area contributed by atoms with E-state index >= 15 is 0 Å². The number of amides is 2. The van der Waals surface area contributed by atoms with Crippen molar-refractivity contribution in [2.75, 3.05) is 7.11 Å². The molecule has 30 heavy (non-hydrogen) atoms. The molecule has 2 amide bonds. The molecule has 0 spiro atoms. The minimum Gasteiger partial charge on any atom is -0.497 e. The number of nitrogens with one attached hydrogen (secondary N) is 2. The van der Waals surface area contributed by atoms with Gasteiger partial charge in [0.15, 0.2) is 0 Å². The Hall–Kier alpha value is -3.03. The first kappa shape index (κ1) is 21.7. The van der Waals surface area contributed by atoms with Gasteiger partial charge in [0.05, 0.1) is 18.6 Å². The molecule has 0 aliphatic heterocycles. The molecule has 0 bridgehead atoms. The summed E-state index contributed by atoms with van der Waals surface area (Å²) in [5.74, 6) is -0.331. The smallest absolute Gasteiger partial charge is 0.416 e. The molecule has 3 rings (SSSR count). The highest BCUT2D eigenvalue weighted by Gasteiger charge is 2.34. The Balaban J connectivity index is 1.58. The van der Waals surface area contributed by atoms with Gasteiger partial charge in [-0.25, -0.2) is 0 Å². The molecule has 2 atom stereocenters. The molecule has 2 aromatic carbocycles. The summed E-state index contributed by atoms with van der Waals surface area (Å²) in [6, 6.07) is 11.2. The molecule has 5 nitrogen and oxygen atoms in total. The van der Waals surface area contributed by atoms with Crippen LogP contribution in [0.25, 0.3) is 0 Å². The van der Waals surface area contributed by atoms with Gasteiger partial charge >= 0.3 is 6.18 Å². The summed E-state index contributed by atoms with van der Waals surface area (Å²) in [4.78, 5) is 25.1. The van der Waals surface area contributed by atoms with Gasteiger partial charge < -0.3 is 15.4 Å². The third-order valence-electron chi connectivity index (χ3n) is 5.24. The van der Waals surface area contributed by atoms with Crippen molar-refractivity contribution in [3.05, 3.63) is 65.2 Å². The van der Waals surface area contributed by atoms with Gasteiger partial charge in [-0.15, -0.1) is 0 Å². The maximum Gasteiger partial charge on any atom is 0.416 e. The number of rotatable bonds is 6. The van der Waals surface area contributed by atoms with Crippen LogP contribution in [-0.2, 0) is 17.5 Å². The van der Waals surface area contributed by atoms with E-state index in [4.69, 9.17) is 4.74 Å².